The van der Waals surface area contributed by atoms with Crippen LogP contribution in [0, 0.1) is 6.92 Å². The van der Waals surface area contributed by atoms with Crippen LogP contribution >= 0.6 is 11.3 Å². The minimum absolute atomic E-state index is 0.0920. The molecule has 0 aliphatic heterocycles. The van der Waals surface area contributed by atoms with Crippen molar-refractivity contribution < 1.29 is 18.0 Å². The summed E-state index contributed by atoms with van der Waals surface area (Å²) in [7, 11) is -3.15. The molecule has 0 saturated carbocycles. The molecule has 1 heterocycles. The van der Waals surface area contributed by atoms with Gasteiger partial charge in [-0.15, -0.1) is 11.3 Å². The number of carbonyl (C=O) groups excluding carboxylic acids is 2. The fourth-order valence-electron chi connectivity index (χ4n) is 3.05. The Morgan fingerprint density at radius 3 is 2.21 bits per heavy atom. The van der Waals surface area contributed by atoms with Crippen molar-refractivity contribution in [3.63, 3.8) is 0 Å². The quantitative estimate of drug-likeness (QED) is 0.625. The molecule has 0 aliphatic rings. The van der Waals surface area contributed by atoms with Gasteiger partial charge in [0, 0.05) is 22.3 Å². The molecule has 0 unspecified atom stereocenters. The largest absolute Gasteiger partial charge is 0.365 e. The van der Waals surface area contributed by atoms with Crippen molar-refractivity contribution in [1.29, 1.82) is 0 Å². The molecule has 0 radical (unpaired) electrons. The van der Waals surface area contributed by atoms with Crippen LogP contribution in [0.5, 0.6) is 0 Å². The molecule has 3 rings (SSSR count). The fourth-order valence-corrected chi connectivity index (χ4v) is 4.93. The van der Waals surface area contributed by atoms with E-state index in [4.69, 9.17) is 5.73 Å². The van der Waals surface area contributed by atoms with Gasteiger partial charge >= 0.3 is 0 Å². The van der Waals surface area contributed by atoms with Crippen LogP contribution < -0.4 is 11.1 Å². The molecule has 0 spiro atoms. The number of primary amides is 1. The number of hydrogen-bond donors (Lipinski definition) is 2. The number of aryl methyl sites for hydroxylation is 1. The molecular weight excluding hydrogens is 408 g/mol. The van der Waals surface area contributed by atoms with Crippen LogP contribution in [0.15, 0.2) is 54.6 Å². The highest BCUT2D eigenvalue weighted by Crippen LogP contribution is 2.39. The van der Waals surface area contributed by atoms with E-state index in [9.17, 15) is 18.0 Å². The van der Waals surface area contributed by atoms with Gasteiger partial charge in [-0.05, 0) is 30.2 Å². The number of nitrogens with two attached hydrogens (primary N) is 1. The summed E-state index contributed by atoms with van der Waals surface area (Å²) in [5.41, 5.74) is 8.40. The Morgan fingerprint density at radius 1 is 1.03 bits per heavy atom. The number of amides is 2. The molecule has 2 aromatic carbocycles. The van der Waals surface area contributed by atoms with E-state index in [0.29, 0.717) is 21.7 Å². The third kappa shape index (κ3) is 4.90. The monoisotopic (exact) mass is 428 g/mol. The van der Waals surface area contributed by atoms with Crippen LogP contribution in [0.2, 0.25) is 0 Å². The van der Waals surface area contributed by atoms with E-state index in [0.717, 1.165) is 16.7 Å². The number of nitrogens with one attached hydrogen (secondary N) is 1. The van der Waals surface area contributed by atoms with E-state index in [1.807, 2.05) is 37.3 Å². The van der Waals surface area contributed by atoms with Gasteiger partial charge in [0.1, 0.15) is 5.00 Å². The third-order valence-corrected chi connectivity index (χ3v) is 6.14. The average Bonchev–Trinajstić information content (AvgIpc) is 2.97. The first-order valence-corrected chi connectivity index (χ1v) is 11.6. The molecule has 8 heteroatoms. The first-order chi connectivity index (χ1) is 13.7. The van der Waals surface area contributed by atoms with Gasteiger partial charge in [0.25, 0.3) is 11.8 Å². The second kappa shape index (κ2) is 8.18. The summed E-state index contributed by atoms with van der Waals surface area (Å²) >= 11 is 1.29. The lowest BCUT2D eigenvalue weighted by Crippen LogP contribution is -2.17. The molecule has 3 aromatic rings. The number of rotatable bonds is 6. The van der Waals surface area contributed by atoms with Crippen molar-refractivity contribution in [2.45, 2.75) is 12.7 Å². The Labute approximate surface area is 173 Å². The van der Waals surface area contributed by atoms with Gasteiger partial charge in [-0.3, -0.25) is 9.59 Å². The van der Waals surface area contributed by atoms with Gasteiger partial charge in [0.05, 0.1) is 11.3 Å². The van der Waals surface area contributed by atoms with E-state index in [-0.39, 0.29) is 11.3 Å². The minimum Gasteiger partial charge on any atom is -0.365 e. The molecule has 0 fully saturated rings. The average molecular weight is 429 g/mol. The molecule has 0 bridgehead atoms. The van der Waals surface area contributed by atoms with Gasteiger partial charge in [0.2, 0.25) is 0 Å². The second-order valence-corrected chi connectivity index (χ2v) is 10.1. The Morgan fingerprint density at radius 2 is 1.66 bits per heavy atom. The first kappa shape index (κ1) is 20.8. The van der Waals surface area contributed by atoms with Gasteiger partial charge in [-0.2, -0.15) is 0 Å². The standard InChI is InChI=1S/C21H20N2O4S2/c1-13-17(15-6-4-3-5-7-15)18(19(22)24)21(28-13)23-20(25)16-10-8-14(9-11-16)12-29(2,26)27/h3-11H,12H2,1-2H3,(H2,22,24)(H,23,25). The smallest absolute Gasteiger partial charge is 0.256 e. The van der Waals surface area contributed by atoms with Crippen LogP contribution in [0.25, 0.3) is 11.1 Å². The number of carbonyl (C=O) groups is 2. The molecule has 2 amide bonds. The Bertz CT molecular complexity index is 1170. The second-order valence-electron chi connectivity index (χ2n) is 6.69. The normalized spacial score (nSPS) is 11.2. The maximum atomic E-state index is 12.7. The molecule has 29 heavy (non-hydrogen) atoms. The molecule has 150 valence electrons. The van der Waals surface area contributed by atoms with Crippen molar-refractivity contribution in [3.8, 4) is 11.1 Å². The summed E-state index contributed by atoms with van der Waals surface area (Å²) in [4.78, 5) is 25.7. The predicted molar refractivity (Wildman–Crippen MR) is 116 cm³/mol. The number of hydrogen-bond acceptors (Lipinski definition) is 5. The molecule has 0 aliphatic carbocycles. The van der Waals surface area contributed by atoms with E-state index in [1.165, 1.54) is 11.3 Å². The highest BCUT2D eigenvalue weighted by Gasteiger charge is 2.23. The number of benzene rings is 2. The molecule has 0 saturated heterocycles. The van der Waals surface area contributed by atoms with Crippen LogP contribution in [-0.2, 0) is 15.6 Å². The Kier molecular flexibility index (Phi) is 5.86. The maximum absolute atomic E-state index is 12.7. The Balaban J connectivity index is 1.90. The summed E-state index contributed by atoms with van der Waals surface area (Å²) in [6.07, 6.45) is 1.16. The molecular formula is C21H20N2O4S2. The Hall–Kier alpha value is -2.97. The fraction of sp³-hybridized carbons (Fsp3) is 0.143. The van der Waals surface area contributed by atoms with Gasteiger partial charge in [-0.25, -0.2) is 8.42 Å². The predicted octanol–water partition coefficient (Wildman–Crippen LogP) is 3.62. The van der Waals surface area contributed by atoms with E-state index in [1.54, 1.807) is 24.3 Å². The number of thiophene rings is 1. The summed E-state index contributed by atoms with van der Waals surface area (Å²) in [5, 5.41) is 3.16. The molecule has 1 aromatic heterocycles. The topological polar surface area (TPSA) is 106 Å². The van der Waals surface area contributed by atoms with Crippen molar-refractivity contribution in [2.24, 2.45) is 5.73 Å². The third-order valence-electron chi connectivity index (χ3n) is 4.27. The lowest BCUT2D eigenvalue weighted by molar-refractivity contribution is 0.100. The number of sulfone groups is 1. The highest BCUT2D eigenvalue weighted by molar-refractivity contribution is 7.89. The lowest BCUT2D eigenvalue weighted by atomic mass is 10.0. The summed E-state index contributed by atoms with van der Waals surface area (Å²) in [5.74, 6) is -1.11. The van der Waals surface area contributed by atoms with E-state index >= 15 is 0 Å². The molecule has 3 N–H and O–H groups in total. The van der Waals surface area contributed by atoms with Crippen molar-refractivity contribution in [1.82, 2.24) is 0 Å². The van der Waals surface area contributed by atoms with Crippen LogP contribution in [0.1, 0.15) is 31.2 Å². The summed E-state index contributed by atoms with van der Waals surface area (Å²) in [6, 6.07) is 15.7. The van der Waals surface area contributed by atoms with Crippen LogP contribution in [0.3, 0.4) is 0 Å². The van der Waals surface area contributed by atoms with Crippen LogP contribution in [-0.4, -0.2) is 26.5 Å². The van der Waals surface area contributed by atoms with Crippen LogP contribution in [0.4, 0.5) is 5.00 Å². The molecule has 0 atom stereocenters. The van der Waals surface area contributed by atoms with Gasteiger partial charge < -0.3 is 11.1 Å². The zero-order chi connectivity index (χ0) is 21.2. The highest BCUT2D eigenvalue weighted by atomic mass is 32.2. The zero-order valence-electron chi connectivity index (χ0n) is 15.9. The first-order valence-electron chi connectivity index (χ1n) is 8.72. The van der Waals surface area contributed by atoms with Crippen molar-refractivity contribution >= 4 is 38.0 Å². The maximum Gasteiger partial charge on any atom is 0.256 e. The van der Waals surface area contributed by atoms with Gasteiger partial charge in [0.15, 0.2) is 9.84 Å². The lowest BCUT2D eigenvalue weighted by Gasteiger charge is -2.08. The number of anilines is 1. The van der Waals surface area contributed by atoms with E-state index < -0.39 is 21.7 Å². The zero-order valence-corrected chi connectivity index (χ0v) is 17.6. The van der Waals surface area contributed by atoms with Gasteiger partial charge in [-0.1, -0.05) is 42.5 Å². The van der Waals surface area contributed by atoms with Crippen molar-refractivity contribution in [3.05, 3.63) is 76.2 Å². The summed E-state index contributed by atoms with van der Waals surface area (Å²) in [6.45, 7) is 1.87. The summed E-state index contributed by atoms with van der Waals surface area (Å²) < 4.78 is 22.8. The van der Waals surface area contributed by atoms with Crippen molar-refractivity contribution in [2.75, 3.05) is 11.6 Å². The molecule has 6 nitrogen and oxygen atoms in total. The minimum atomic E-state index is -3.15. The SMILES string of the molecule is Cc1sc(NC(=O)c2ccc(CS(C)(=O)=O)cc2)c(C(N)=O)c1-c1ccccc1. The van der Waals surface area contributed by atoms with E-state index in [2.05, 4.69) is 5.32 Å².